The molecule has 0 fully saturated rings. The molecule has 0 aliphatic carbocycles. The molecule has 160 valence electrons. The van der Waals surface area contributed by atoms with Crippen LogP contribution >= 0.6 is 0 Å². The zero-order chi connectivity index (χ0) is 22.2. The van der Waals surface area contributed by atoms with E-state index in [1.165, 1.54) is 4.90 Å². The maximum atomic E-state index is 13.4. The highest BCUT2D eigenvalue weighted by molar-refractivity contribution is 5.99. The molecule has 0 spiro atoms. The number of aliphatic hydroxyl groups excluding tert-OH is 1. The molecule has 1 N–H and O–H groups in total. The third-order valence-corrected chi connectivity index (χ3v) is 5.86. The van der Waals surface area contributed by atoms with Gasteiger partial charge in [-0.2, -0.15) is 0 Å². The van der Waals surface area contributed by atoms with Gasteiger partial charge >= 0.3 is 0 Å². The van der Waals surface area contributed by atoms with E-state index in [9.17, 15) is 14.7 Å². The lowest BCUT2D eigenvalue weighted by Gasteiger charge is -2.27. The third kappa shape index (κ3) is 3.25. The smallest absolute Gasteiger partial charge is 0.291 e. The molecule has 5 rings (SSSR count). The normalized spacial score (nSPS) is 16.2. The second kappa shape index (κ2) is 7.98. The van der Waals surface area contributed by atoms with Crippen molar-refractivity contribution in [3.63, 3.8) is 0 Å². The molecule has 1 aliphatic rings. The average Bonchev–Trinajstić information content (AvgIpc) is 3.11. The fourth-order valence-corrected chi connectivity index (χ4v) is 4.26. The maximum Gasteiger partial charge on any atom is 0.291 e. The first-order valence-electron chi connectivity index (χ1n) is 10.3. The van der Waals surface area contributed by atoms with Crippen molar-refractivity contribution in [1.29, 1.82) is 0 Å². The number of nitrogens with zero attached hydrogens (tertiary/aromatic N) is 1. The second-order valence-electron chi connectivity index (χ2n) is 7.73. The molecule has 1 amide bonds. The van der Waals surface area contributed by atoms with Crippen LogP contribution in [0, 0.1) is 0 Å². The predicted molar refractivity (Wildman–Crippen MR) is 120 cm³/mol. The van der Waals surface area contributed by atoms with Crippen LogP contribution in [0.4, 0.5) is 0 Å². The lowest BCUT2D eigenvalue weighted by Crippen LogP contribution is -2.33. The minimum Gasteiger partial charge on any atom is -0.497 e. The summed E-state index contributed by atoms with van der Waals surface area (Å²) in [6.07, 6.45) is -0.917. The number of carbonyl (C=O) groups excluding carboxylic acids is 1. The molecule has 0 bridgehead atoms. The fourth-order valence-electron chi connectivity index (χ4n) is 4.26. The van der Waals surface area contributed by atoms with Crippen molar-refractivity contribution in [3.8, 4) is 5.75 Å². The lowest BCUT2D eigenvalue weighted by molar-refractivity contribution is 0.0583. The van der Waals surface area contributed by atoms with E-state index in [1.807, 2.05) is 30.3 Å². The first-order valence-corrected chi connectivity index (χ1v) is 10.3. The third-order valence-electron chi connectivity index (χ3n) is 5.86. The summed E-state index contributed by atoms with van der Waals surface area (Å²) in [4.78, 5) is 28.4. The Labute approximate surface area is 184 Å². The van der Waals surface area contributed by atoms with Crippen molar-refractivity contribution in [2.75, 3.05) is 13.7 Å². The zero-order valence-corrected chi connectivity index (χ0v) is 17.4. The van der Waals surface area contributed by atoms with Gasteiger partial charge in [-0.3, -0.25) is 9.59 Å². The number of carbonyl (C=O) groups is 1. The van der Waals surface area contributed by atoms with Crippen LogP contribution in [0.1, 0.15) is 39.4 Å². The Hall–Kier alpha value is -3.90. The summed E-state index contributed by atoms with van der Waals surface area (Å²) in [7, 11) is 1.58. The quantitative estimate of drug-likeness (QED) is 0.519. The summed E-state index contributed by atoms with van der Waals surface area (Å²) in [6, 6.07) is 22.6. The van der Waals surface area contributed by atoms with Crippen LogP contribution in [0.2, 0.25) is 0 Å². The minimum atomic E-state index is -0.917. The van der Waals surface area contributed by atoms with Crippen LogP contribution in [-0.4, -0.2) is 29.6 Å². The van der Waals surface area contributed by atoms with Crippen LogP contribution in [0.3, 0.4) is 0 Å². The highest BCUT2D eigenvalue weighted by Gasteiger charge is 2.43. The van der Waals surface area contributed by atoms with E-state index in [2.05, 4.69) is 0 Å². The van der Waals surface area contributed by atoms with Gasteiger partial charge in [-0.25, -0.2) is 0 Å². The topological polar surface area (TPSA) is 80.0 Å². The molecule has 0 radical (unpaired) electrons. The Morgan fingerprint density at radius 2 is 1.66 bits per heavy atom. The van der Waals surface area contributed by atoms with Gasteiger partial charge in [0.2, 0.25) is 5.76 Å². The first kappa shape index (κ1) is 20.0. The SMILES string of the molecule is COc1ccc(C2c3c(oc4ccccc4c3=O)C(=O)N2CC(O)c2ccccc2)cc1. The van der Waals surface area contributed by atoms with Gasteiger partial charge in [0.1, 0.15) is 11.3 Å². The first-order chi connectivity index (χ1) is 15.6. The molecule has 0 saturated heterocycles. The van der Waals surface area contributed by atoms with E-state index in [0.29, 0.717) is 27.8 Å². The van der Waals surface area contributed by atoms with Crippen molar-refractivity contribution < 1.29 is 19.1 Å². The van der Waals surface area contributed by atoms with E-state index in [-0.39, 0.29) is 17.7 Å². The number of hydrogen-bond donors (Lipinski definition) is 1. The summed E-state index contributed by atoms with van der Waals surface area (Å²) < 4.78 is 11.2. The molecule has 6 nitrogen and oxygen atoms in total. The molecule has 4 aromatic rings. The Kier molecular flexibility index (Phi) is 4.99. The summed E-state index contributed by atoms with van der Waals surface area (Å²) in [5.74, 6) is 0.271. The van der Waals surface area contributed by atoms with Crippen molar-refractivity contribution in [2.24, 2.45) is 0 Å². The number of rotatable bonds is 5. The second-order valence-corrected chi connectivity index (χ2v) is 7.73. The van der Waals surface area contributed by atoms with Gasteiger partial charge < -0.3 is 19.2 Å². The average molecular weight is 427 g/mol. The van der Waals surface area contributed by atoms with Crippen LogP contribution in [-0.2, 0) is 0 Å². The molecular weight excluding hydrogens is 406 g/mol. The van der Waals surface area contributed by atoms with E-state index < -0.39 is 18.1 Å². The number of β-amino-alcohol motifs (C(OH)–C–C–N with tert-alkyl or cyclic N) is 1. The Morgan fingerprint density at radius 1 is 0.969 bits per heavy atom. The number of para-hydroxylation sites is 1. The number of methoxy groups -OCH3 is 1. The zero-order valence-electron chi connectivity index (χ0n) is 17.4. The molecule has 0 saturated carbocycles. The van der Waals surface area contributed by atoms with Crippen molar-refractivity contribution >= 4 is 16.9 Å². The lowest BCUT2D eigenvalue weighted by atomic mass is 9.98. The van der Waals surface area contributed by atoms with Crippen LogP contribution in [0.15, 0.2) is 88.1 Å². The van der Waals surface area contributed by atoms with E-state index >= 15 is 0 Å². The summed E-state index contributed by atoms with van der Waals surface area (Å²) in [5.41, 5.74) is 1.84. The van der Waals surface area contributed by atoms with Gasteiger partial charge in [0.05, 0.1) is 36.8 Å². The molecule has 1 aromatic heterocycles. The van der Waals surface area contributed by atoms with Gasteiger partial charge in [-0.05, 0) is 35.4 Å². The summed E-state index contributed by atoms with van der Waals surface area (Å²) >= 11 is 0. The van der Waals surface area contributed by atoms with E-state index in [0.717, 1.165) is 5.56 Å². The van der Waals surface area contributed by atoms with E-state index in [1.54, 1.807) is 55.6 Å². The van der Waals surface area contributed by atoms with Crippen LogP contribution in [0.25, 0.3) is 11.0 Å². The molecule has 3 aromatic carbocycles. The fraction of sp³-hybridized carbons (Fsp3) is 0.154. The number of hydrogen-bond acceptors (Lipinski definition) is 5. The largest absolute Gasteiger partial charge is 0.497 e. The molecule has 2 unspecified atom stereocenters. The molecule has 1 aliphatic heterocycles. The number of amides is 1. The standard InChI is InChI=1S/C26H21NO5/c1-31-18-13-11-17(12-14-18)23-22-24(29)19-9-5-6-10-21(19)32-25(22)26(30)27(23)15-20(28)16-7-3-2-4-8-16/h2-14,20,23,28H,15H2,1H3. The monoisotopic (exact) mass is 427 g/mol. The van der Waals surface area contributed by atoms with Gasteiger partial charge in [-0.1, -0.05) is 54.6 Å². The Morgan fingerprint density at radius 3 is 2.38 bits per heavy atom. The number of fused-ring (bicyclic) bond motifs is 2. The predicted octanol–water partition coefficient (Wildman–Crippen LogP) is 4.08. The van der Waals surface area contributed by atoms with E-state index in [4.69, 9.17) is 9.15 Å². The maximum absolute atomic E-state index is 13.4. The summed E-state index contributed by atoms with van der Waals surface area (Å²) in [6.45, 7) is 0.0134. The van der Waals surface area contributed by atoms with Crippen LogP contribution < -0.4 is 10.2 Å². The van der Waals surface area contributed by atoms with Crippen molar-refractivity contribution in [1.82, 2.24) is 4.90 Å². The highest BCUT2D eigenvalue weighted by Crippen LogP contribution is 2.39. The highest BCUT2D eigenvalue weighted by atomic mass is 16.5. The summed E-state index contributed by atoms with van der Waals surface area (Å²) in [5, 5.41) is 11.3. The number of aliphatic hydroxyl groups is 1. The number of benzene rings is 3. The molecule has 32 heavy (non-hydrogen) atoms. The van der Waals surface area contributed by atoms with Crippen molar-refractivity contribution in [2.45, 2.75) is 12.1 Å². The van der Waals surface area contributed by atoms with Gasteiger partial charge in [0.15, 0.2) is 5.43 Å². The Balaban J connectivity index is 1.65. The molecular formula is C26H21NO5. The molecule has 2 atom stereocenters. The minimum absolute atomic E-state index is 0.0134. The van der Waals surface area contributed by atoms with Gasteiger partial charge in [-0.15, -0.1) is 0 Å². The molecule has 6 heteroatoms. The van der Waals surface area contributed by atoms with Crippen molar-refractivity contribution in [3.05, 3.63) is 112 Å². The Bertz CT molecular complexity index is 1340. The van der Waals surface area contributed by atoms with Crippen LogP contribution in [0.5, 0.6) is 5.75 Å². The molecule has 2 heterocycles. The van der Waals surface area contributed by atoms with Gasteiger partial charge in [0.25, 0.3) is 5.91 Å². The van der Waals surface area contributed by atoms with Gasteiger partial charge in [0, 0.05) is 0 Å². The number of ether oxygens (including phenoxy) is 1.